The first-order chi connectivity index (χ1) is 10.1. The van der Waals surface area contributed by atoms with Gasteiger partial charge in [0.15, 0.2) is 0 Å². The van der Waals surface area contributed by atoms with Gasteiger partial charge in [-0.15, -0.1) is 0 Å². The Balaban J connectivity index is 1.64. The van der Waals surface area contributed by atoms with Crippen molar-refractivity contribution in [2.24, 2.45) is 5.92 Å². The third-order valence-corrected chi connectivity index (χ3v) is 4.48. The van der Waals surface area contributed by atoms with E-state index in [0.29, 0.717) is 12.0 Å². The summed E-state index contributed by atoms with van der Waals surface area (Å²) >= 11 is 0. The second-order valence-corrected chi connectivity index (χ2v) is 5.64. The van der Waals surface area contributed by atoms with Gasteiger partial charge in [-0.25, -0.2) is 9.18 Å². The number of carboxylic acids is 1. The van der Waals surface area contributed by atoms with Gasteiger partial charge in [-0.3, -0.25) is 4.79 Å². The number of hydrogen-bond donors (Lipinski definition) is 2. The molecule has 0 aromatic heterocycles. The summed E-state index contributed by atoms with van der Waals surface area (Å²) in [6.07, 6.45) is 2.10. The normalized spacial score (nSPS) is 26.9. The summed E-state index contributed by atoms with van der Waals surface area (Å²) < 4.78 is 13.5. The Morgan fingerprint density at radius 1 is 1.33 bits per heavy atom. The quantitative estimate of drug-likeness (QED) is 0.895. The fourth-order valence-electron chi connectivity index (χ4n) is 3.47. The van der Waals surface area contributed by atoms with Crippen molar-refractivity contribution in [3.63, 3.8) is 0 Å². The van der Waals surface area contributed by atoms with Crippen LogP contribution in [0.2, 0.25) is 0 Å². The van der Waals surface area contributed by atoms with Crippen LogP contribution in [-0.2, 0) is 11.3 Å². The van der Waals surface area contributed by atoms with Gasteiger partial charge in [0.05, 0.1) is 5.92 Å². The lowest BCUT2D eigenvalue weighted by atomic mass is 9.89. The van der Waals surface area contributed by atoms with Crippen molar-refractivity contribution in [1.29, 1.82) is 0 Å². The molecule has 1 aromatic carbocycles. The van der Waals surface area contributed by atoms with Gasteiger partial charge in [0.1, 0.15) is 5.82 Å². The van der Waals surface area contributed by atoms with Crippen molar-refractivity contribution >= 4 is 12.0 Å². The molecule has 5 nitrogen and oxygen atoms in total. The summed E-state index contributed by atoms with van der Waals surface area (Å²) in [5.41, 5.74) is 0.423. The van der Waals surface area contributed by atoms with Crippen LogP contribution in [0.5, 0.6) is 0 Å². The molecule has 21 heavy (non-hydrogen) atoms. The SMILES string of the molecule is O=C(O)C1CC2CCC1N2C(=O)NCc1ccccc1F. The summed E-state index contributed by atoms with van der Waals surface area (Å²) in [6, 6.07) is 5.75. The van der Waals surface area contributed by atoms with Crippen molar-refractivity contribution in [3.8, 4) is 0 Å². The van der Waals surface area contributed by atoms with E-state index in [2.05, 4.69) is 5.32 Å². The summed E-state index contributed by atoms with van der Waals surface area (Å²) in [5, 5.41) is 11.9. The number of benzene rings is 1. The molecule has 0 aliphatic carbocycles. The van der Waals surface area contributed by atoms with Gasteiger partial charge in [0, 0.05) is 24.2 Å². The van der Waals surface area contributed by atoms with Gasteiger partial charge >= 0.3 is 12.0 Å². The molecule has 0 spiro atoms. The number of rotatable bonds is 3. The molecule has 2 bridgehead atoms. The number of carboxylic acid groups (broad SMARTS) is 1. The second-order valence-electron chi connectivity index (χ2n) is 5.64. The lowest BCUT2D eigenvalue weighted by molar-refractivity contribution is -0.142. The zero-order chi connectivity index (χ0) is 15.0. The molecular formula is C15H17FN2O3. The molecule has 2 aliphatic rings. The summed E-state index contributed by atoms with van der Waals surface area (Å²) in [4.78, 5) is 25.1. The predicted molar refractivity (Wildman–Crippen MR) is 73.0 cm³/mol. The van der Waals surface area contributed by atoms with E-state index in [9.17, 15) is 19.1 Å². The highest BCUT2D eigenvalue weighted by molar-refractivity contribution is 5.79. The van der Waals surface area contributed by atoms with Gasteiger partial charge in [0.2, 0.25) is 0 Å². The minimum Gasteiger partial charge on any atom is -0.481 e. The van der Waals surface area contributed by atoms with E-state index in [-0.39, 0.29) is 30.5 Å². The summed E-state index contributed by atoms with van der Waals surface area (Å²) in [6.45, 7) is 0.110. The largest absolute Gasteiger partial charge is 0.481 e. The first-order valence-electron chi connectivity index (χ1n) is 7.10. The maximum absolute atomic E-state index is 13.5. The molecule has 2 amide bonds. The number of amides is 2. The van der Waals surface area contributed by atoms with Crippen molar-refractivity contribution in [3.05, 3.63) is 35.6 Å². The zero-order valence-electron chi connectivity index (χ0n) is 11.5. The van der Waals surface area contributed by atoms with Crippen LogP contribution in [0.1, 0.15) is 24.8 Å². The maximum Gasteiger partial charge on any atom is 0.318 e. The van der Waals surface area contributed by atoms with E-state index in [1.54, 1.807) is 23.1 Å². The van der Waals surface area contributed by atoms with Crippen LogP contribution in [0.4, 0.5) is 9.18 Å². The molecule has 3 unspecified atom stereocenters. The Morgan fingerprint density at radius 3 is 2.76 bits per heavy atom. The molecule has 2 saturated heterocycles. The topological polar surface area (TPSA) is 69.6 Å². The number of aliphatic carboxylic acids is 1. The standard InChI is InChI=1S/C15H17FN2O3/c16-12-4-2-1-3-9(12)8-17-15(21)18-10-5-6-13(18)11(7-10)14(19)20/h1-4,10-11,13H,5-8H2,(H,17,21)(H,19,20). The van der Waals surface area contributed by atoms with Crippen LogP contribution in [0.25, 0.3) is 0 Å². The molecule has 0 radical (unpaired) electrons. The molecule has 2 N–H and O–H groups in total. The molecular weight excluding hydrogens is 275 g/mol. The van der Waals surface area contributed by atoms with Gasteiger partial charge in [-0.1, -0.05) is 18.2 Å². The van der Waals surface area contributed by atoms with E-state index >= 15 is 0 Å². The lowest BCUT2D eigenvalue weighted by Gasteiger charge is -2.23. The molecule has 6 heteroatoms. The highest BCUT2D eigenvalue weighted by Crippen LogP contribution is 2.41. The number of carbonyl (C=O) groups excluding carboxylic acids is 1. The first kappa shape index (κ1) is 13.9. The summed E-state index contributed by atoms with van der Waals surface area (Å²) in [7, 11) is 0. The number of nitrogens with zero attached hydrogens (tertiary/aromatic N) is 1. The van der Waals surface area contributed by atoms with Crippen molar-refractivity contribution in [1.82, 2.24) is 10.2 Å². The van der Waals surface area contributed by atoms with Gasteiger partial charge in [-0.05, 0) is 25.3 Å². The lowest BCUT2D eigenvalue weighted by Crippen LogP contribution is -2.44. The van der Waals surface area contributed by atoms with E-state index in [1.165, 1.54) is 6.07 Å². The smallest absolute Gasteiger partial charge is 0.318 e. The van der Waals surface area contributed by atoms with Crippen LogP contribution < -0.4 is 5.32 Å². The predicted octanol–water partition coefficient (Wildman–Crippen LogP) is 1.97. The second kappa shape index (κ2) is 5.35. The average Bonchev–Trinajstić information content (AvgIpc) is 3.04. The molecule has 2 heterocycles. The monoisotopic (exact) mass is 292 g/mol. The van der Waals surface area contributed by atoms with Crippen LogP contribution in [-0.4, -0.2) is 34.1 Å². The fraction of sp³-hybridized carbons (Fsp3) is 0.467. The number of urea groups is 1. The molecule has 2 fully saturated rings. The average molecular weight is 292 g/mol. The van der Waals surface area contributed by atoms with Crippen LogP contribution in [0, 0.1) is 11.7 Å². The van der Waals surface area contributed by atoms with Gasteiger partial charge < -0.3 is 15.3 Å². The number of carbonyl (C=O) groups is 2. The van der Waals surface area contributed by atoms with Gasteiger partial charge in [-0.2, -0.15) is 0 Å². The highest BCUT2D eigenvalue weighted by Gasteiger charge is 2.51. The Morgan fingerprint density at radius 2 is 2.10 bits per heavy atom. The molecule has 3 atom stereocenters. The van der Waals surface area contributed by atoms with Gasteiger partial charge in [0.25, 0.3) is 0 Å². The van der Waals surface area contributed by atoms with Crippen LogP contribution in [0.3, 0.4) is 0 Å². The number of nitrogens with one attached hydrogen (secondary N) is 1. The highest BCUT2D eigenvalue weighted by atomic mass is 19.1. The third-order valence-electron chi connectivity index (χ3n) is 4.48. The third kappa shape index (κ3) is 2.46. The van der Waals surface area contributed by atoms with Crippen molar-refractivity contribution in [2.45, 2.75) is 37.9 Å². The molecule has 112 valence electrons. The number of halogens is 1. The van der Waals surface area contributed by atoms with Crippen LogP contribution in [0.15, 0.2) is 24.3 Å². The Hall–Kier alpha value is -2.11. The Kier molecular flexibility index (Phi) is 3.53. The summed E-state index contributed by atoms with van der Waals surface area (Å²) in [5.74, 6) is -1.66. The van der Waals surface area contributed by atoms with Crippen LogP contribution >= 0.6 is 0 Å². The minimum atomic E-state index is -0.839. The minimum absolute atomic E-state index is 0.00304. The van der Waals surface area contributed by atoms with Crippen molar-refractivity contribution in [2.75, 3.05) is 0 Å². The Bertz CT molecular complexity index is 578. The van der Waals surface area contributed by atoms with E-state index in [1.807, 2.05) is 0 Å². The molecule has 1 aromatic rings. The van der Waals surface area contributed by atoms with Crippen molar-refractivity contribution < 1.29 is 19.1 Å². The molecule has 2 aliphatic heterocycles. The number of fused-ring (bicyclic) bond motifs is 2. The first-order valence-corrected chi connectivity index (χ1v) is 7.10. The van der Waals surface area contributed by atoms with E-state index < -0.39 is 11.9 Å². The number of hydrogen-bond acceptors (Lipinski definition) is 2. The van der Waals surface area contributed by atoms with E-state index in [0.717, 1.165) is 12.8 Å². The molecule has 3 rings (SSSR count). The maximum atomic E-state index is 13.5. The molecule has 0 saturated carbocycles. The zero-order valence-corrected chi connectivity index (χ0v) is 11.5. The fourth-order valence-corrected chi connectivity index (χ4v) is 3.47. The Labute approximate surface area is 121 Å². The van der Waals surface area contributed by atoms with E-state index in [4.69, 9.17) is 0 Å².